The first kappa shape index (κ1) is 18.9. The van der Waals surface area contributed by atoms with Crippen LogP contribution in [0.3, 0.4) is 0 Å². The zero-order valence-electron chi connectivity index (χ0n) is 16.1. The number of para-hydroxylation sites is 1. The molecule has 1 fully saturated rings. The minimum atomic E-state index is -0.340. The molecule has 0 radical (unpaired) electrons. The maximum Gasteiger partial charge on any atom is 0.338 e. The second kappa shape index (κ2) is 8.24. The average Bonchev–Trinajstić information content (AvgIpc) is 2.70. The number of esters is 1. The van der Waals surface area contributed by atoms with E-state index in [-0.39, 0.29) is 12.0 Å². The Kier molecular flexibility index (Phi) is 5.78. The molecule has 2 aromatic carbocycles. The van der Waals surface area contributed by atoms with Crippen molar-refractivity contribution >= 4 is 17.3 Å². The van der Waals surface area contributed by atoms with Crippen LogP contribution in [0.5, 0.6) is 0 Å². The molecule has 0 aromatic heterocycles. The predicted octanol–water partition coefficient (Wildman–Crippen LogP) is 3.85. The molecule has 5 nitrogen and oxygen atoms in total. The Hall–Kier alpha value is -2.84. The van der Waals surface area contributed by atoms with Gasteiger partial charge in [0.05, 0.1) is 23.9 Å². The van der Waals surface area contributed by atoms with E-state index in [0.717, 1.165) is 48.4 Å². The van der Waals surface area contributed by atoms with E-state index in [1.54, 1.807) is 0 Å². The first-order valence-electron chi connectivity index (χ1n) is 9.25. The Bertz CT molecular complexity index is 880. The standard InChI is InChI=1S/C22H25N3O2/c1-15-12-16(2)21(13-19(15)22(26)27-3)25(18-8-10-24-11-9-18)20-7-5-4-6-17(20)14-23/h4-7,12-13,18,24H,8-11H2,1-3H3. The third-order valence-electron chi connectivity index (χ3n) is 5.17. The van der Waals surface area contributed by atoms with Gasteiger partial charge in [0.25, 0.3) is 0 Å². The summed E-state index contributed by atoms with van der Waals surface area (Å²) < 4.78 is 4.97. The number of aryl methyl sites for hydroxylation is 2. The summed E-state index contributed by atoms with van der Waals surface area (Å²) in [6.45, 7) is 5.84. The molecular weight excluding hydrogens is 338 g/mol. The minimum absolute atomic E-state index is 0.257. The van der Waals surface area contributed by atoms with Gasteiger partial charge >= 0.3 is 5.97 Å². The lowest BCUT2D eigenvalue weighted by molar-refractivity contribution is 0.0600. The second-order valence-corrected chi connectivity index (χ2v) is 6.93. The van der Waals surface area contributed by atoms with Crippen LogP contribution >= 0.6 is 0 Å². The molecule has 0 unspecified atom stereocenters. The van der Waals surface area contributed by atoms with Crippen LogP contribution < -0.4 is 10.2 Å². The van der Waals surface area contributed by atoms with Crippen molar-refractivity contribution in [2.75, 3.05) is 25.1 Å². The van der Waals surface area contributed by atoms with Gasteiger partial charge in [0.2, 0.25) is 0 Å². The SMILES string of the molecule is COC(=O)c1cc(N(c2ccccc2C#N)C2CCNCC2)c(C)cc1C. The summed E-state index contributed by atoms with van der Waals surface area (Å²) in [5, 5.41) is 13.0. The first-order chi connectivity index (χ1) is 13.1. The van der Waals surface area contributed by atoms with E-state index in [1.165, 1.54) is 7.11 Å². The van der Waals surface area contributed by atoms with Crippen LogP contribution in [0.1, 0.15) is 39.9 Å². The number of ether oxygens (including phenoxy) is 1. The highest BCUT2D eigenvalue weighted by Gasteiger charge is 2.27. The molecule has 1 N–H and O–H groups in total. The molecule has 0 aliphatic carbocycles. The number of nitrogens with one attached hydrogen (secondary N) is 1. The fraction of sp³-hybridized carbons (Fsp3) is 0.364. The Morgan fingerprint density at radius 1 is 1.15 bits per heavy atom. The molecule has 0 atom stereocenters. The van der Waals surface area contributed by atoms with Gasteiger partial charge in [-0.15, -0.1) is 0 Å². The molecule has 0 spiro atoms. The van der Waals surface area contributed by atoms with Gasteiger partial charge in [-0.25, -0.2) is 4.79 Å². The lowest BCUT2D eigenvalue weighted by Crippen LogP contribution is -2.41. The summed E-state index contributed by atoms with van der Waals surface area (Å²) in [5.41, 5.74) is 5.00. The summed E-state index contributed by atoms with van der Waals surface area (Å²) >= 11 is 0. The monoisotopic (exact) mass is 363 g/mol. The fourth-order valence-electron chi connectivity index (χ4n) is 3.80. The van der Waals surface area contributed by atoms with Gasteiger partial charge in [-0.1, -0.05) is 18.2 Å². The van der Waals surface area contributed by atoms with Gasteiger partial charge < -0.3 is 15.0 Å². The summed E-state index contributed by atoms with van der Waals surface area (Å²) in [5.74, 6) is -0.340. The number of benzene rings is 2. The number of anilines is 2. The molecule has 3 rings (SSSR count). The Labute approximate surface area is 160 Å². The second-order valence-electron chi connectivity index (χ2n) is 6.93. The summed E-state index contributed by atoms with van der Waals surface area (Å²) in [6.07, 6.45) is 1.95. The van der Waals surface area contributed by atoms with Crippen molar-refractivity contribution in [1.82, 2.24) is 5.32 Å². The number of methoxy groups -OCH3 is 1. The van der Waals surface area contributed by atoms with Crippen LogP contribution in [0.15, 0.2) is 36.4 Å². The van der Waals surface area contributed by atoms with Crippen LogP contribution in [0.2, 0.25) is 0 Å². The number of piperidine rings is 1. The normalized spacial score (nSPS) is 14.4. The highest BCUT2D eigenvalue weighted by atomic mass is 16.5. The zero-order chi connectivity index (χ0) is 19.4. The van der Waals surface area contributed by atoms with Crippen molar-refractivity contribution in [3.63, 3.8) is 0 Å². The van der Waals surface area contributed by atoms with E-state index < -0.39 is 0 Å². The van der Waals surface area contributed by atoms with Gasteiger partial charge in [-0.05, 0) is 69.1 Å². The van der Waals surface area contributed by atoms with Crippen LogP contribution in [0.4, 0.5) is 11.4 Å². The molecule has 5 heteroatoms. The van der Waals surface area contributed by atoms with Crippen LogP contribution in [0.25, 0.3) is 0 Å². The van der Waals surface area contributed by atoms with E-state index in [1.807, 2.05) is 50.2 Å². The molecule has 27 heavy (non-hydrogen) atoms. The molecule has 140 valence electrons. The lowest BCUT2D eigenvalue weighted by Gasteiger charge is -2.38. The minimum Gasteiger partial charge on any atom is -0.465 e. The van der Waals surface area contributed by atoms with Crippen LogP contribution in [-0.2, 0) is 4.74 Å². The number of nitriles is 1. The van der Waals surface area contributed by atoms with Gasteiger partial charge in [0.15, 0.2) is 0 Å². The molecule has 1 saturated heterocycles. The van der Waals surface area contributed by atoms with Crippen molar-refractivity contribution in [2.24, 2.45) is 0 Å². The van der Waals surface area contributed by atoms with Gasteiger partial charge in [0, 0.05) is 11.7 Å². The van der Waals surface area contributed by atoms with Crippen molar-refractivity contribution in [3.8, 4) is 6.07 Å². The predicted molar refractivity (Wildman–Crippen MR) is 106 cm³/mol. The van der Waals surface area contributed by atoms with Crippen LogP contribution in [0, 0.1) is 25.2 Å². The number of carbonyl (C=O) groups is 1. The topological polar surface area (TPSA) is 65.4 Å². The maximum absolute atomic E-state index is 12.3. The smallest absolute Gasteiger partial charge is 0.338 e. The molecule has 0 bridgehead atoms. The van der Waals surface area contributed by atoms with E-state index in [9.17, 15) is 10.1 Å². The fourth-order valence-corrected chi connectivity index (χ4v) is 3.80. The number of carbonyl (C=O) groups excluding carboxylic acids is 1. The Morgan fingerprint density at radius 2 is 1.85 bits per heavy atom. The van der Waals surface area contributed by atoms with E-state index in [0.29, 0.717) is 11.1 Å². The zero-order valence-corrected chi connectivity index (χ0v) is 16.1. The van der Waals surface area contributed by atoms with Crippen LogP contribution in [-0.4, -0.2) is 32.2 Å². The van der Waals surface area contributed by atoms with Gasteiger partial charge in [-0.2, -0.15) is 5.26 Å². The molecular formula is C22H25N3O2. The largest absolute Gasteiger partial charge is 0.465 e. The van der Waals surface area contributed by atoms with Crippen molar-refractivity contribution < 1.29 is 9.53 Å². The highest BCUT2D eigenvalue weighted by molar-refractivity contribution is 5.93. The quantitative estimate of drug-likeness (QED) is 0.836. The van der Waals surface area contributed by atoms with Gasteiger partial charge in [0.1, 0.15) is 6.07 Å². The molecule has 1 heterocycles. The lowest BCUT2D eigenvalue weighted by atomic mass is 9.97. The Balaban J connectivity index is 2.19. The number of nitrogens with zero attached hydrogens (tertiary/aromatic N) is 2. The summed E-state index contributed by atoms with van der Waals surface area (Å²) in [7, 11) is 1.40. The Morgan fingerprint density at radius 3 is 2.52 bits per heavy atom. The maximum atomic E-state index is 12.3. The third-order valence-corrected chi connectivity index (χ3v) is 5.17. The van der Waals surface area contributed by atoms with E-state index >= 15 is 0 Å². The van der Waals surface area contributed by atoms with Crippen molar-refractivity contribution in [1.29, 1.82) is 5.26 Å². The highest BCUT2D eigenvalue weighted by Crippen LogP contribution is 2.36. The molecule has 1 aliphatic rings. The van der Waals surface area contributed by atoms with Gasteiger partial charge in [-0.3, -0.25) is 0 Å². The molecule has 0 saturated carbocycles. The molecule has 0 amide bonds. The third kappa shape index (κ3) is 3.81. The summed E-state index contributed by atoms with van der Waals surface area (Å²) in [4.78, 5) is 14.5. The van der Waals surface area contributed by atoms with E-state index in [2.05, 4.69) is 16.3 Å². The number of hydrogen-bond acceptors (Lipinski definition) is 5. The van der Waals surface area contributed by atoms with Crippen molar-refractivity contribution in [2.45, 2.75) is 32.7 Å². The number of rotatable bonds is 4. The number of hydrogen-bond donors (Lipinski definition) is 1. The first-order valence-corrected chi connectivity index (χ1v) is 9.25. The summed E-state index contributed by atoms with van der Waals surface area (Å²) in [6, 6.07) is 14.2. The van der Waals surface area contributed by atoms with E-state index in [4.69, 9.17) is 4.74 Å². The molecule has 2 aromatic rings. The molecule has 1 aliphatic heterocycles. The van der Waals surface area contributed by atoms with Crippen molar-refractivity contribution in [3.05, 3.63) is 58.7 Å². The average molecular weight is 363 g/mol.